The summed E-state index contributed by atoms with van der Waals surface area (Å²) < 4.78 is 52.6. The third-order valence-corrected chi connectivity index (χ3v) is 2.40. The van der Waals surface area contributed by atoms with Crippen LogP contribution in [-0.2, 0) is 0 Å². The van der Waals surface area contributed by atoms with Crippen LogP contribution in [0.2, 0.25) is 0 Å². The summed E-state index contributed by atoms with van der Waals surface area (Å²) in [6, 6.07) is 6.55. The largest absolute Gasteiger partial charge is 0.353 e. The van der Waals surface area contributed by atoms with Gasteiger partial charge in [0.1, 0.15) is 6.07 Å². The Labute approximate surface area is 105 Å². The first-order valence-corrected chi connectivity index (χ1v) is 5.13. The van der Waals surface area contributed by atoms with Crippen LogP contribution in [0.4, 0.5) is 28.9 Å². The van der Waals surface area contributed by atoms with E-state index in [2.05, 4.69) is 5.32 Å². The lowest BCUT2D eigenvalue weighted by Crippen LogP contribution is -1.99. The van der Waals surface area contributed by atoms with Gasteiger partial charge >= 0.3 is 0 Å². The van der Waals surface area contributed by atoms with Gasteiger partial charge in [-0.15, -0.1) is 0 Å². The van der Waals surface area contributed by atoms with Crippen LogP contribution in [0.15, 0.2) is 30.3 Å². The number of benzene rings is 2. The van der Waals surface area contributed by atoms with Gasteiger partial charge in [-0.2, -0.15) is 5.26 Å². The van der Waals surface area contributed by atoms with Gasteiger partial charge in [-0.1, -0.05) is 0 Å². The van der Waals surface area contributed by atoms with Crippen LogP contribution in [0.5, 0.6) is 0 Å². The van der Waals surface area contributed by atoms with Crippen LogP contribution in [0.25, 0.3) is 0 Å². The van der Waals surface area contributed by atoms with Gasteiger partial charge in [-0.3, -0.25) is 0 Å². The van der Waals surface area contributed by atoms with Gasteiger partial charge in [0, 0.05) is 11.8 Å². The van der Waals surface area contributed by atoms with Gasteiger partial charge in [-0.25, -0.2) is 17.6 Å². The number of nitriles is 1. The summed E-state index contributed by atoms with van der Waals surface area (Å²) >= 11 is 0. The molecule has 2 aromatic carbocycles. The van der Waals surface area contributed by atoms with Gasteiger partial charge in [0.25, 0.3) is 0 Å². The molecule has 2 nitrogen and oxygen atoms in total. The van der Waals surface area contributed by atoms with Crippen molar-refractivity contribution in [3.8, 4) is 6.07 Å². The zero-order valence-corrected chi connectivity index (χ0v) is 9.35. The highest BCUT2D eigenvalue weighted by Gasteiger charge is 2.13. The van der Waals surface area contributed by atoms with Crippen molar-refractivity contribution in [1.82, 2.24) is 0 Å². The molecule has 19 heavy (non-hydrogen) atoms. The van der Waals surface area contributed by atoms with Crippen LogP contribution in [0, 0.1) is 34.6 Å². The Morgan fingerprint density at radius 3 is 2.26 bits per heavy atom. The normalized spacial score (nSPS) is 10.1. The molecule has 0 aromatic heterocycles. The Bertz CT molecular complexity index is 677. The van der Waals surface area contributed by atoms with Crippen molar-refractivity contribution in [2.75, 3.05) is 5.32 Å². The summed E-state index contributed by atoms with van der Waals surface area (Å²) in [5, 5.41) is 10.9. The van der Waals surface area contributed by atoms with E-state index in [9.17, 15) is 17.6 Å². The minimum Gasteiger partial charge on any atom is -0.353 e. The lowest BCUT2D eigenvalue weighted by molar-refractivity contribution is 0.507. The number of halogens is 4. The molecule has 0 radical (unpaired) electrons. The van der Waals surface area contributed by atoms with Gasteiger partial charge in [-0.05, 0) is 24.3 Å². The Balaban J connectivity index is 2.36. The fraction of sp³-hybridized carbons (Fsp3) is 0. The van der Waals surface area contributed by atoms with Crippen molar-refractivity contribution < 1.29 is 17.6 Å². The molecule has 96 valence electrons. The molecule has 0 spiro atoms. The second-order valence-electron chi connectivity index (χ2n) is 3.65. The van der Waals surface area contributed by atoms with Gasteiger partial charge in [0.05, 0.1) is 11.3 Å². The van der Waals surface area contributed by atoms with Crippen molar-refractivity contribution in [2.24, 2.45) is 0 Å². The SMILES string of the molecule is N#Cc1ccc(Nc2ccc(F)c(F)c2)c(F)c1F. The smallest absolute Gasteiger partial charge is 0.183 e. The van der Waals surface area contributed by atoms with E-state index in [1.165, 1.54) is 12.1 Å². The molecule has 0 amide bonds. The molecule has 0 unspecified atom stereocenters. The lowest BCUT2D eigenvalue weighted by Gasteiger charge is -2.08. The predicted octanol–water partition coefficient (Wildman–Crippen LogP) is 3.86. The van der Waals surface area contributed by atoms with E-state index in [4.69, 9.17) is 5.26 Å². The number of anilines is 2. The second kappa shape index (κ2) is 4.98. The van der Waals surface area contributed by atoms with Crippen molar-refractivity contribution in [3.63, 3.8) is 0 Å². The molecule has 0 fully saturated rings. The summed E-state index contributed by atoms with van der Waals surface area (Å²) in [6.45, 7) is 0. The van der Waals surface area contributed by atoms with Crippen LogP contribution < -0.4 is 5.32 Å². The minimum atomic E-state index is -1.30. The highest BCUT2D eigenvalue weighted by atomic mass is 19.2. The topological polar surface area (TPSA) is 35.8 Å². The summed E-state index contributed by atoms with van der Waals surface area (Å²) in [4.78, 5) is 0. The van der Waals surface area contributed by atoms with Gasteiger partial charge < -0.3 is 5.32 Å². The molecule has 0 aliphatic carbocycles. The molecule has 2 rings (SSSR count). The summed E-state index contributed by atoms with van der Waals surface area (Å²) in [5.41, 5.74) is -0.655. The maximum atomic E-state index is 13.6. The quantitative estimate of drug-likeness (QED) is 0.838. The molecule has 6 heteroatoms. The summed E-state index contributed by atoms with van der Waals surface area (Å²) in [5.74, 6) is -4.71. The monoisotopic (exact) mass is 266 g/mol. The van der Waals surface area contributed by atoms with E-state index < -0.39 is 28.8 Å². The standard InChI is InChI=1S/C13H6F4N2/c14-9-3-2-8(5-10(9)15)19-11-4-1-7(6-18)12(16)13(11)17/h1-5,19H. The van der Waals surface area contributed by atoms with E-state index in [1.54, 1.807) is 0 Å². The minimum absolute atomic E-state index is 0.0573. The summed E-state index contributed by atoms with van der Waals surface area (Å²) in [6.07, 6.45) is 0. The highest BCUT2D eigenvalue weighted by molar-refractivity contribution is 5.61. The number of hydrogen-bond acceptors (Lipinski definition) is 2. The van der Waals surface area contributed by atoms with Gasteiger partial charge in [0.2, 0.25) is 0 Å². The van der Waals surface area contributed by atoms with E-state index in [1.807, 2.05) is 0 Å². The lowest BCUT2D eigenvalue weighted by atomic mass is 10.2. The molecule has 2 aromatic rings. The van der Waals surface area contributed by atoms with E-state index in [-0.39, 0.29) is 11.4 Å². The average Bonchev–Trinajstić information content (AvgIpc) is 2.40. The fourth-order valence-corrected chi connectivity index (χ4v) is 1.46. The molecule has 0 saturated carbocycles. The Morgan fingerprint density at radius 1 is 0.895 bits per heavy atom. The number of rotatable bonds is 2. The molecule has 0 saturated heterocycles. The molecule has 0 aliphatic rings. The Kier molecular flexibility index (Phi) is 3.38. The zero-order valence-electron chi connectivity index (χ0n) is 9.35. The Hall–Kier alpha value is -2.55. The molecule has 1 N–H and O–H groups in total. The van der Waals surface area contributed by atoms with Crippen molar-refractivity contribution in [1.29, 1.82) is 5.26 Å². The third-order valence-electron chi connectivity index (χ3n) is 2.40. The molecular weight excluding hydrogens is 260 g/mol. The van der Waals surface area contributed by atoms with Crippen LogP contribution in [-0.4, -0.2) is 0 Å². The highest BCUT2D eigenvalue weighted by Crippen LogP contribution is 2.24. The predicted molar refractivity (Wildman–Crippen MR) is 60.7 cm³/mol. The van der Waals surface area contributed by atoms with Crippen molar-refractivity contribution in [2.45, 2.75) is 0 Å². The van der Waals surface area contributed by atoms with Crippen LogP contribution in [0.1, 0.15) is 5.56 Å². The van der Waals surface area contributed by atoms with Crippen molar-refractivity contribution >= 4 is 11.4 Å². The molecular formula is C13H6F4N2. The maximum Gasteiger partial charge on any atom is 0.183 e. The third kappa shape index (κ3) is 2.50. The number of nitrogens with one attached hydrogen (secondary N) is 1. The number of hydrogen-bond donors (Lipinski definition) is 1. The first-order chi connectivity index (χ1) is 9.02. The fourth-order valence-electron chi connectivity index (χ4n) is 1.46. The van der Waals surface area contributed by atoms with Crippen LogP contribution in [0.3, 0.4) is 0 Å². The zero-order chi connectivity index (χ0) is 14.0. The van der Waals surface area contributed by atoms with Crippen molar-refractivity contribution in [3.05, 3.63) is 59.2 Å². The second-order valence-corrected chi connectivity index (χ2v) is 3.65. The van der Waals surface area contributed by atoms with E-state index in [0.717, 1.165) is 24.3 Å². The number of nitrogens with zero attached hydrogens (tertiary/aromatic N) is 1. The average molecular weight is 266 g/mol. The van der Waals surface area contributed by atoms with Gasteiger partial charge in [0.15, 0.2) is 23.3 Å². The summed E-state index contributed by atoms with van der Waals surface area (Å²) in [7, 11) is 0. The molecule has 0 bridgehead atoms. The first-order valence-electron chi connectivity index (χ1n) is 5.13. The van der Waals surface area contributed by atoms with E-state index >= 15 is 0 Å². The van der Waals surface area contributed by atoms with E-state index in [0.29, 0.717) is 0 Å². The Morgan fingerprint density at radius 2 is 1.63 bits per heavy atom. The molecule has 0 heterocycles. The maximum absolute atomic E-state index is 13.6. The first kappa shape index (κ1) is 12.9. The molecule has 0 aliphatic heterocycles. The molecule has 0 atom stereocenters. The van der Waals surface area contributed by atoms with Crippen LogP contribution >= 0.6 is 0 Å².